The van der Waals surface area contributed by atoms with Gasteiger partial charge in [-0.1, -0.05) is 6.08 Å². The fourth-order valence-electron chi connectivity index (χ4n) is 1.33. The minimum Gasteiger partial charge on any atom is -0.388 e. The Labute approximate surface area is 64.9 Å². The Balaban J connectivity index is 2.77. The number of nitrogens with one attached hydrogen (secondary N) is 1. The van der Waals surface area contributed by atoms with Gasteiger partial charge < -0.3 is 10.1 Å². The van der Waals surface area contributed by atoms with Gasteiger partial charge in [-0.05, 0) is 18.6 Å². The number of rotatable bonds is 0. The Morgan fingerprint density at radius 2 is 2.36 bits per heavy atom. The van der Waals surface area contributed by atoms with Crippen molar-refractivity contribution in [3.05, 3.63) is 28.7 Å². The Kier molecular flexibility index (Phi) is 1.36. The summed E-state index contributed by atoms with van der Waals surface area (Å²) < 4.78 is 0. The lowest BCUT2D eigenvalue weighted by molar-refractivity contribution is 0.275. The van der Waals surface area contributed by atoms with E-state index in [0.29, 0.717) is 0 Å². The van der Waals surface area contributed by atoms with Gasteiger partial charge in [0.25, 0.3) is 0 Å². The lowest BCUT2D eigenvalue weighted by Crippen LogP contribution is -2.30. The summed E-state index contributed by atoms with van der Waals surface area (Å²) in [6, 6.07) is 0. The van der Waals surface area contributed by atoms with Crippen molar-refractivity contribution in [2.24, 2.45) is 0 Å². The second-order valence-electron chi connectivity index (χ2n) is 2.82. The van der Waals surface area contributed by atoms with Gasteiger partial charge in [0.05, 0.1) is 6.10 Å². The molecule has 0 aromatic carbocycles. The molecule has 0 saturated heterocycles. The standard InChI is InChI=1S/C9H10NO/c1-6-5-10-9-3-2-7(11)4-8(6)9/h2-5,7,10-11H,1H3. The third-order valence-electron chi connectivity index (χ3n) is 1.96. The number of hydrogen-bond acceptors (Lipinski definition) is 1. The number of fused-ring (bicyclic) bond motifs is 1. The van der Waals surface area contributed by atoms with Crippen LogP contribution in [0.3, 0.4) is 0 Å². The molecule has 2 nitrogen and oxygen atoms in total. The van der Waals surface area contributed by atoms with Gasteiger partial charge >= 0.3 is 0 Å². The predicted octanol–water partition coefficient (Wildman–Crippen LogP) is -0.537. The first-order chi connectivity index (χ1) is 5.27. The maximum Gasteiger partial charge on any atom is 0.0800 e. The fraction of sp³-hybridized carbons (Fsp3) is 0.222. The van der Waals surface area contributed by atoms with Crippen molar-refractivity contribution in [3.63, 3.8) is 0 Å². The van der Waals surface area contributed by atoms with Crippen molar-refractivity contribution >= 4 is 12.2 Å². The van der Waals surface area contributed by atoms with Crippen LogP contribution in [0.5, 0.6) is 0 Å². The van der Waals surface area contributed by atoms with Gasteiger partial charge in [0, 0.05) is 23.2 Å². The van der Waals surface area contributed by atoms with Gasteiger partial charge in [-0.25, -0.2) is 0 Å². The summed E-state index contributed by atoms with van der Waals surface area (Å²) in [5.41, 5.74) is 1.18. The normalized spacial score (nSPS) is 21.8. The predicted molar refractivity (Wildman–Crippen MR) is 44.0 cm³/mol. The maximum absolute atomic E-state index is 9.24. The highest BCUT2D eigenvalue weighted by Gasteiger charge is 2.04. The van der Waals surface area contributed by atoms with Crippen molar-refractivity contribution < 1.29 is 5.11 Å². The molecule has 1 aromatic heterocycles. The molecule has 0 fully saturated rings. The zero-order valence-electron chi connectivity index (χ0n) is 6.33. The van der Waals surface area contributed by atoms with Crippen LogP contribution in [0.4, 0.5) is 0 Å². The second-order valence-corrected chi connectivity index (χ2v) is 2.82. The third kappa shape index (κ3) is 0.994. The highest BCUT2D eigenvalue weighted by atomic mass is 16.3. The van der Waals surface area contributed by atoms with E-state index in [0.717, 1.165) is 10.6 Å². The minimum absolute atomic E-state index is 0.419. The number of aliphatic hydroxyl groups is 1. The molecule has 0 saturated carbocycles. The zero-order valence-corrected chi connectivity index (χ0v) is 6.33. The number of hydrogen-bond donors (Lipinski definition) is 2. The largest absolute Gasteiger partial charge is 0.388 e. The van der Waals surface area contributed by atoms with Crippen LogP contribution in [-0.2, 0) is 0 Å². The van der Waals surface area contributed by atoms with Gasteiger partial charge in [0.1, 0.15) is 0 Å². The molecule has 0 bridgehead atoms. The van der Waals surface area contributed by atoms with Gasteiger partial charge in [-0.2, -0.15) is 0 Å². The summed E-state index contributed by atoms with van der Waals surface area (Å²) in [5.74, 6) is 0. The Hall–Kier alpha value is -1.02. The summed E-state index contributed by atoms with van der Waals surface area (Å²) in [4.78, 5) is 3.12. The van der Waals surface area contributed by atoms with E-state index in [1.165, 1.54) is 5.56 Å². The molecular weight excluding hydrogens is 138 g/mol. The van der Waals surface area contributed by atoms with E-state index in [1.54, 1.807) is 6.42 Å². The van der Waals surface area contributed by atoms with E-state index in [-0.39, 0.29) is 0 Å². The molecule has 2 heteroatoms. The molecule has 1 aromatic rings. The van der Waals surface area contributed by atoms with E-state index < -0.39 is 6.10 Å². The molecule has 0 amide bonds. The summed E-state index contributed by atoms with van der Waals surface area (Å²) in [5, 5.41) is 11.5. The number of aryl methyl sites for hydroxylation is 1. The van der Waals surface area contributed by atoms with Gasteiger partial charge in [-0.15, -0.1) is 0 Å². The first-order valence-corrected chi connectivity index (χ1v) is 3.66. The second kappa shape index (κ2) is 2.24. The quantitative estimate of drug-likeness (QED) is 0.509. The minimum atomic E-state index is -0.419. The number of aliphatic hydroxyl groups excluding tert-OH is 1. The van der Waals surface area contributed by atoms with Crippen LogP contribution in [0.2, 0.25) is 0 Å². The van der Waals surface area contributed by atoms with E-state index in [1.807, 2.05) is 25.3 Å². The smallest absolute Gasteiger partial charge is 0.0800 e. The molecular formula is C9H10NO. The van der Waals surface area contributed by atoms with Crippen molar-refractivity contribution in [2.45, 2.75) is 13.0 Å². The Morgan fingerprint density at radius 1 is 1.55 bits per heavy atom. The van der Waals surface area contributed by atoms with E-state index >= 15 is 0 Å². The Bertz CT molecular complexity index is 375. The van der Waals surface area contributed by atoms with Crippen LogP contribution < -0.4 is 10.6 Å². The summed E-state index contributed by atoms with van der Waals surface area (Å²) in [6.07, 6.45) is 7.05. The molecule has 1 atom stereocenters. The summed E-state index contributed by atoms with van der Waals surface area (Å²) in [7, 11) is 0. The summed E-state index contributed by atoms with van der Waals surface area (Å²) in [6.45, 7) is 2.03. The van der Waals surface area contributed by atoms with Crippen molar-refractivity contribution in [2.75, 3.05) is 0 Å². The van der Waals surface area contributed by atoms with Crippen molar-refractivity contribution in [1.29, 1.82) is 0 Å². The molecule has 0 spiro atoms. The summed E-state index contributed by atoms with van der Waals surface area (Å²) >= 11 is 0. The molecule has 2 rings (SSSR count). The lowest BCUT2D eigenvalue weighted by atomic mass is 10.1. The van der Waals surface area contributed by atoms with Crippen LogP contribution in [0.15, 0.2) is 6.20 Å². The number of aromatic nitrogens is 1. The van der Waals surface area contributed by atoms with E-state index in [2.05, 4.69) is 4.98 Å². The molecule has 1 heterocycles. The van der Waals surface area contributed by atoms with Gasteiger partial charge in [0.15, 0.2) is 0 Å². The molecule has 11 heavy (non-hydrogen) atoms. The van der Waals surface area contributed by atoms with Crippen molar-refractivity contribution in [1.82, 2.24) is 4.98 Å². The molecule has 1 radical (unpaired) electrons. The molecule has 0 aliphatic heterocycles. The van der Waals surface area contributed by atoms with Crippen LogP contribution in [0, 0.1) is 13.3 Å². The van der Waals surface area contributed by atoms with E-state index in [4.69, 9.17) is 0 Å². The molecule has 2 N–H and O–H groups in total. The number of aromatic amines is 1. The molecule has 1 unspecified atom stereocenters. The van der Waals surface area contributed by atoms with Crippen LogP contribution in [0.25, 0.3) is 12.2 Å². The van der Waals surface area contributed by atoms with Gasteiger partial charge in [-0.3, -0.25) is 0 Å². The maximum atomic E-state index is 9.24. The topological polar surface area (TPSA) is 36.0 Å². The third-order valence-corrected chi connectivity index (χ3v) is 1.96. The molecule has 57 valence electrons. The fourth-order valence-corrected chi connectivity index (χ4v) is 1.33. The molecule has 1 aliphatic carbocycles. The molecule has 1 aliphatic rings. The van der Waals surface area contributed by atoms with Gasteiger partial charge in [0.2, 0.25) is 0 Å². The highest BCUT2D eigenvalue weighted by molar-refractivity contribution is 5.49. The van der Waals surface area contributed by atoms with Crippen LogP contribution >= 0.6 is 0 Å². The monoisotopic (exact) mass is 148 g/mol. The van der Waals surface area contributed by atoms with Crippen molar-refractivity contribution in [3.8, 4) is 0 Å². The average Bonchev–Trinajstić information content (AvgIpc) is 2.33. The number of H-pyrrole nitrogens is 1. The first-order valence-electron chi connectivity index (χ1n) is 3.66. The van der Waals surface area contributed by atoms with Crippen LogP contribution in [0.1, 0.15) is 5.56 Å². The highest BCUT2D eigenvalue weighted by Crippen LogP contribution is 1.96. The van der Waals surface area contributed by atoms with E-state index in [9.17, 15) is 5.11 Å². The zero-order chi connectivity index (χ0) is 7.84. The average molecular weight is 148 g/mol. The first kappa shape index (κ1) is 6.68. The van der Waals surface area contributed by atoms with Crippen LogP contribution in [-0.4, -0.2) is 16.2 Å². The lowest BCUT2D eigenvalue weighted by Gasteiger charge is -2.03. The Morgan fingerprint density at radius 3 is 3.18 bits per heavy atom. The SMILES string of the molecule is Cc1c[nH]c2c1=CC(O)[CH]C=2.